The lowest BCUT2D eigenvalue weighted by Crippen LogP contribution is -2.13. The van der Waals surface area contributed by atoms with E-state index in [1.807, 2.05) is 0 Å². The van der Waals surface area contributed by atoms with Crippen LogP contribution in [0.3, 0.4) is 0 Å². The topological polar surface area (TPSA) is 76.2 Å². The number of anilines is 1. The first-order chi connectivity index (χ1) is 20.0. The van der Waals surface area contributed by atoms with Gasteiger partial charge in [-0.05, 0) is 72.7 Å². The van der Waals surface area contributed by atoms with Crippen LogP contribution in [0.5, 0.6) is 11.5 Å². The van der Waals surface area contributed by atoms with Crippen molar-refractivity contribution in [1.29, 1.82) is 0 Å². The molecule has 1 heterocycles. The molecule has 0 bridgehead atoms. The minimum absolute atomic E-state index is 0.0284. The third-order valence-corrected chi connectivity index (χ3v) is 5.19. The number of benzene rings is 3. The number of nitrogens with one attached hydrogen (secondary N) is 2. The third-order valence-electron chi connectivity index (χ3n) is 4.28. The number of hydrogen-bond donors (Lipinski definition) is 2. The molecule has 8 heteroatoms. The van der Waals surface area contributed by atoms with Crippen molar-refractivity contribution in [3.8, 4) is 34.0 Å². The minimum atomic E-state index is -3.06. The van der Waals surface area contributed by atoms with Gasteiger partial charge in [0.2, 0.25) is 5.91 Å². The van der Waals surface area contributed by atoms with Gasteiger partial charge in [-0.3, -0.25) is 4.79 Å². The van der Waals surface area contributed by atoms with E-state index in [2.05, 4.69) is 10.3 Å². The molecule has 4 aromatic rings. The van der Waals surface area contributed by atoms with E-state index in [4.69, 9.17) is 34.8 Å². The summed E-state index contributed by atoms with van der Waals surface area (Å²) in [6.45, 7) is 0. The zero-order chi connectivity index (χ0) is 31.9. The molecular formula is C25H22ClN3O3S. The molecule has 4 rings (SSSR count). The third kappa shape index (κ3) is 5.69. The van der Waals surface area contributed by atoms with Crippen LogP contribution in [0.4, 0.5) is 5.69 Å². The van der Waals surface area contributed by atoms with Crippen LogP contribution >= 0.6 is 23.4 Å². The summed E-state index contributed by atoms with van der Waals surface area (Å²) >= 11 is 6.15. The highest BCUT2D eigenvalue weighted by Gasteiger charge is 2.16. The fourth-order valence-corrected chi connectivity index (χ4v) is 3.38. The van der Waals surface area contributed by atoms with E-state index >= 15 is 0 Å². The second kappa shape index (κ2) is 10.5. The van der Waals surface area contributed by atoms with E-state index in [1.54, 1.807) is 24.3 Å². The van der Waals surface area contributed by atoms with Crippen LogP contribution in [0.1, 0.15) is 12.3 Å². The number of carbonyl (C=O) groups is 1. The molecule has 168 valence electrons. The highest BCUT2D eigenvalue weighted by Crippen LogP contribution is 2.34. The average molecular weight is 500 g/mol. The van der Waals surface area contributed by atoms with Crippen molar-refractivity contribution < 1.29 is 28.0 Å². The molecule has 1 aromatic heterocycles. The van der Waals surface area contributed by atoms with Gasteiger partial charge in [0, 0.05) is 24.6 Å². The zero-order valence-electron chi connectivity index (χ0n) is 27.0. The Morgan fingerprint density at radius 2 is 1.85 bits per heavy atom. The van der Waals surface area contributed by atoms with Crippen LogP contribution in [0, 0.1) is 0 Å². The average Bonchev–Trinajstić information content (AvgIpc) is 3.25. The number of thioether (sulfide) groups is 1. The number of rotatable bonds is 8. The number of hydrogen-bond acceptors (Lipinski definition) is 5. The maximum absolute atomic E-state index is 12.9. The molecule has 6 nitrogen and oxygen atoms in total. The van der Waals surface area contributed by atoms with Crippen molar-refractivity contribution in [2.75, 3.05) is 25.2 Å². The molecule has 0 unspecified atom stereocenters. The standard InChI is InChI=1S/C25H22ClN3O3S/c1-31-20-11-3-16(4-12-20)23-24(17-5-13-21(32-2)14-6-17)29-25(28-23)33-15-22(30)27-19-9-7-18(26)8-10-19/h3-14H,15H2,1-2H3,(H,27,30)(H,28,29)/i1T3,3T,4T,11T,12T,15T2/hT. The minimum Gasteiger partial charge on any atom is -0.497 e. The summed E-state index contributed by atoms with van der Waals surface area (Å²) < 4.78 is 91.3. The van der Waals surface area contributed by atoms with Crippen LogP contribution in [0.15, 0.2) is 77.9 Å². The molecule has 0 spiro atoms. The Labute approximate surface area is 215 Å². The lowest BCUT2D eigenvalue weighted by Gasteiger charge is -2.06. The molecule has 0 aliphatic carbocycles. The van der Waals surface area contributed by atoms with Crippen molar-refractivity contribution in [2.45, 2.75) is 5.16 Å². The summed E-state index contributed by atoms with van der Waals surface area (Å²) in [7, 11) is -1.60. The fourth-order valence-electron chi connectivity index (χ4n) is 2.74. The van der Waals surface area contributed by atoms with Crippen molar-refractivity contribution in [3.63, 3.8) is 0 Å². The summed E-state index contributed by atoms with van der Waals surface area (Å²) in [5.41, 5.74) is -2.77. The van der Waals surface area contributed by atoms with Gasteiger partial charge in [-0.2, -0.15) is 0 Å². The Morgan fingerprint density at radius 3 is 2.52 bits per heavy atom. The van der Waals surface area contributed by atoms with Gasteiger partial charge >= 0.3 is 0 Å². The molecule has 0 aliphatic rings. The second-order valence-corrected chi connectivity index (χ2v) is 7.61. The van der Waals surface area contributed by atoms with E-state index in [0.717, 1.165) is 0 Å². The van der Waals surface area contributed by atoms with Crippen molar-refractivity contribution in [3.05, 3.63) is 77.7 Å². The summed E-state index contributed by atoms with van der Waals surface area (Å²) in [5, 5.41) is 2.49. The van der Waals surface area contributed by atoms with Gasteiger partial charge in [-0.25, -0.2) is 4.98 Å². The van der Waals surface area contributed by atoms with Crippen LogP contribution < -0.4 is 14.8 Å². The smallest absolute Gasteiger partial charge is 0.234 e. The van der Waals surface area contributed by atoms with Crippen molar-refractivity contribution in [2.24, 2.45) is 0 Å². The van der Waals surface area contributed by atoms with Gasteiger partial charge in [0.05, 0.1) is 40.8 Å². The molecule has 0 fully saturated rings. The number of imidazole rings is 1. The van der Waals surface area contributed by atoms with Crippen LogP contribution in [0.25, 0.3) is 22.5 Å². The number of ether oxygens (including phenoxy) is 2. The molecule has 0 atom stereocenters. The first-order valence-electron chi connectivity index (χ1n) is 14.3. The van der Waals surface area contributed by atoms with E-state index in [1.165, 1.54) is 31.4 Å². The maximum Gasteiger partial charge on any atom is 0.234 e. The number of H-pyrrole nitrogens is 1. The Bertz CT molecular complexity index is 1650. The van der Waals surface area contributed by atoms with Crippen molar-refractivity contribution in [1.82, 2.24) is 9.96 Å². The molecule has 1 amide bonds. The number of aromatic nitrogens is 2. The molecule has 33 heavy (non-hydrogen) atoms. The van der Waals surface area contributed by atoms with E-state index in [-0.39, 0.29) is 34.0 Å². The fraction of sp³-hybridized carbons (Fsp3) is 0.120. The summed E-state index contributed by atoms with van der Waals surface area (Å²) in [6, 6.07) is 9.21. The highest BCUT2D eigenvalue weighted by atomic mass is 35.5. The quantitative estimate of drug-likeness (QED) is 0.284. The van der Waals surface area contributed by atoms with E-state index < -0.39 is 54.1 Å². The molecule has 0 saturated heterocycles. The van der Waals surface area contributed by atoms with Crippen LogP contribution in [-0.4, -0.2) is 35.7 Å². The summed E-state index contributed by atoms with van der Waals surface area (Å²) in [5.74, 6) is -1.38. The number of nitrogens with zero attached hydrogens (tertiary/aromatic N) is 1. The largest absolute Gasteiger partial charge is 0.497 e. The number of methoxy groups -OCH3 is 2. The highest BCUT2D eigenvalue weighted by molar-refractivity contribution is 7.99. The first-order valence-corrected chi connectivity index (χ1v) is 10.6. The Balaban J connectivity index is 1.86. The van der Waals surface area contributed by atoms with Gasteiger partial charge in [0.25, 0.3) is 0 Å². The lowest BCUT2D eigenvalue weighted by atomic mass is 10.0. The number of carbonyl (C=O) groups excluding carboxylic acids is 1. The second-order valence-electron chi connectivity index (χ2n) is 6.40. The van der Waals surface area contributed by atoms with Gasteiger partial charge in [0.1, 0.15) is 11.5 Å². The number of amides is 1. The Hall–Kier alpha value is -3.42. The summed E-state index contributed by atoms with van der Waals surface area (Å²) in [6.07, 6.45) is 0. The van der Waals surface area contributed by atoms with Gasteiger partial charge in [-0.1, -0.05) is 23.4 Å². The van der Waals surface area contributed by atoms with Crippen molar-refractivity contribution >= 4 is 35.0 Å². The molecule has 0 radical (unpaired) electrons. The normalized spacial score (nSPS) is 15.8. The van der Waals surface area contributed by atoms with Crippen LogP contribution in [-0.2, 0) is 4.79 Å². The lowest BCUT2D eigenvalue weighted by molar-refractivity contribution is -0.113. The molecule has 3 aromatic carbocycles. The number of aromatic amines is 1. The van der Waals surface area contributed by atoms with E-state index in [9.17, 15) is 4.79 Å². The Morgan fingerprint density at radius 1 is 1.12 bits per heavy atom. The molecule has 0 saturated carbocycles. The zero-order valence-corrected chi connectivity index (χ0v) is 18.6. The summed E-state index contributed by atoms with van der Waals surface area (Å²) in [4.78, 5) is 17.8. The molecule has 0 aliphatic heterocycles. The maximum atomic E-state index is 12.9. The van der Waals surface area contributed by atoms with Gasteiger partial charge in [-0.15, -0.1) is 0 Å². The van der Waals surface area contributed by atoms with E-state index in [0.29, 0.717) is 21.3 Å². The predicted octanol–water partition coefficient (Wildman–Crippen LogP) is 6.15. The monoisotopic (exact) mass is 499 g/mol. The van der Waals surface area contributed by atoms with Crippen LogP contribution in [0.2, 0.25) is 6.43 Å². The Kier molecular flexibility index (Phi) is 4.23. The van der Waals surface area contributed by atoms with Gasteiger partial charge < -0.3 is 19.8 Å². The van der Waals surface area contributed by atoms with Gasteiger partial charge in [0.15, 0.2) is 6.57 Å². The molecule has 2 N–H and O–H groups in total. The predicted molar refractivity (Wildman–Crippen MR) is 133 cm³/mol. The molecular weight excluding hydrogens is 458 g/mol. The SMILES string of the molecule is [3H]c1c([3H])c(-c2c(-c3ccc(OC)cc3)nc(SC([3H])([3H])C(=O)Nc3ccc(Cl)cc3)n2[3H])c([3H])c([3H])c1OC([3H])([3H])[3H]. The first kappa shape index (κ1) is 13.3. The number of halogens is 1.